The predicted molar refractivity (Wildman–Crippen MR) is 70.5 cm³/mol. The second kappa shape index (κ2) is 7.85. The summed E-state index contributed by atoms with van der Waals surface area (Å²) >= 11 is 0. The van der Waals surface area contributed by atoms with Crippen molar-refractivity contribution in [2.24, 2.45) is 4.99 Å². The number of carboxylic acid groups (broad SMARTS) is 1. The van der Waals surface area contributed by atoms with Crippen LogP contribution in [0.3, 0.4) is 0 Å². The van der Waals surface area contributed by atoms with E-state index in [0.717, 1.165) is 5.57 Å². The van der Waals surface area contributed by atoms with E-state index < -0.39 is 11.9 Å². The monoisotopic (exact) mass is 277 g/mol. The van der Waals surface area contributed by atoms with Gasteiger partial charge in [0.2, 0.25) is 0 Å². The Morgan fingerprint density at radius 1 is 1.30 bits per heavy atom. The van der Waals surface area contributed by atoms with Gasteiger partial charge in [0.15, 0.2) is 0 Å². The average molecular weight is 277 g/mol. The van der Waals surface area contributed by atoms with Crippen molar-refractivity contribution in [1.29, 1.82) is 0 Å². The molecule has 0 aromatic heterocycles. The minimum absolute atomic E-state index is 0. The molecule has 0 radical (unpaired) electrons. The third-order valence-electron chi connectivity index (χ3n) is 2.58. The first-order valence-electron chi connectivity index (χ1n) is 5.78. The van der Waals surface area contributed by atoms with Crippen molar-refractivity contribution in [3.63, 3.8) is 0 Å². The van der Waals surface area contributed by atoms with Gasteiger partial charge in [-0.05, 0) is 29.5 Å². The van der Waals surface area contributed by atoms with E-state index in [0.29, 0.717) is 12.0 Å². The molecule has 20 heavy (non-hydrogen) atoms. The van der Waals surface area contributed by atoms with Crippen LogP contribution in [0.15, 0.2) is 70.9 Å². The third-order valence-corrected chi connectivity index (χ3v) is 2.58. The molecular weight excluding hydrogens is 265 g/mol. The fourth-order valence-electron chi connectivity index (χ4n) is 1.64. The maximum atomic E-state index is 11.8. The zero-order chi connectivity index (χ0) is 13.7. The molecular formula is C15H12NNaO3. The molecule has 0 amide bonds. The Balaban J connectivity index is 0.00000200. The number of rotatable bonds is 4. The summed E-state index contributed by atoms with van der Waals surface area (Å²) in [6, 6.07) is 8.38. The van der Waals surface area contributed by atoms with Crippen molar-refractivity contribution < 1.29 is 44.6 Å². The van der Waals surface area contributed by atoms with E-state index in [4.69, 9.17) is 5.11 Å². The van der Waals surface area contributed by atoms with Crippen molar-refractivity contribution in [2.75, 3.05) is 0 Å². The van der Waals surface area contributed by atoms with Crippen molar-refractivity contribution in [1.82, 2.24) is 0 Å². The molecule has 1 N–H and O–H groups in total. The molecule has 0 spiro atoms. The summed E-state index contributed by atoms with van der Waals surface area (Å²) in [5.74, 6) is -1.77. The topological polar surface area (TPSA) is 72.7 Å². The van der Waals surface area contributed by atoms with E-state index in [1.54, 1.807) is 36.4 Å². The van der Waals surface area contributed by atoms with Crippen LogP contribution in [0.2, 0.25) is 0 Å². The molecule has 96 valence electrons. The van der Waals surface area contributed by atoms with E-state index in [-0.39, 0.29) is 35.3 Å². The van der Waals surface area contributed by atoms with Crippen LogP contribution in [-0.2, 0) is 4.79 Å². The van der Waals surface area contributed by atoms with Crippen LogP contribution >= 0.6 is 0 Å². The molecule has 0 fully saturated rings. The molecule has 0 saturated carbocycles. The van der Waals surface area contributed by atoms with Gasteiger partial charge in [-0.1, -0.05) is 48.6 Å². The van der Waals surface area contributed by atoms with Gasteiger partial charge >= 0.3 is 35.5 Å². The second-order valence-corrected chi connectivity index (χ2v) is 3.99. The maximum absolute atomic E-state index is 11.8. The van der Waals surface area contributed by atoms with Crippen LogP contribution in [0, 0.1) is 0 Å². The maximum Gasteiger partial charge on any atom is 1.00 e. The quantitative estimate of drug-likeness (QED) is 0.320. The molecule has 1 aliphatic carbocycles. The van der Waals surface area contributed by atoms with E-state index >= 15 is 0 Å². The molecule has 0 aliphatic heterocycles. The van der Waals surface area contributed by atoms with Gasteiger partial charge in [0, 0.05) is 0 Å². The normalized spacial score (nSPS) is 14.7. The number of benzene rings is 1. The van der Waals surface area contributed by atoms with Gasteiger partial charge in [-0.25, -0.2) is 4.79 Å². The molecule has 0 bridgehead atoms. The molecule has 1 aliphatic rings. The van der Waals surface area contributed by atoms with Crippen molar-refractivity contribution in [2.45, 2.75) is 6.42 Å². The van der Waals surface area contributed by atoms with Crippen LogP contribution in [0.5, 0.6) is 0 Å². The Kier molecular flexibility index (Phi) is 6.45. The van der Waals surface area contributed by atoms with Crippen LogP contribution in [0.4, 0.5) is 0 Å². The van der Waals surface area contributed by atoms with Crippen molar-refractivity contribution in [3.8, 4) is 0 Å². The predicted octanol–water partition coefficient (Wildman–Crippen LogP) is -1.35. The van der Waals surface area contributed by atoms with Crippen LogP contribution in [-0.4, -0.2) is 17.0 Å². The van der Waals surface area contributed by atoms with Crippen molar-refractivity contribution >= 4 is 11.9 Å². The van der Waals surface area contributed by atoms with Gasteiger partial charge in [-0.15, -0.1) is 0 Å². The molecule has 0 atom stereocenters. The van der Waals surface area contributed by atoms with Crippen LogP contribution in [0.25, 0.3) is 0 Å². The molecule has 5 heteroatoms. The standard InChI is InChI=1S/C15H13NO3.Na/c17-14(12-8-2-1-3-9-12)16-13(15(18)19)10-11-6-4-5-7-11;/h1-6,8-10H,7H2,(H,16,17)(H,18,19);/q;+1/p-1/b13-10+;. The Bertz CT molecular complexity index is 601. The molecule has 1 aromatic rings. The first-order valence-corrected chi connectivity index (χ1v) is 5.78. The second-order valence-electron chi connectivity index (χ2n) is 3.99. The molecule has 0 unspecified atom stereocenters. The summed E-state index contributed by atoms with van der Waals surface area (Å²) in [5.41, 5.74) is 0.944. The Hall–Kier alpha value is -1.62. The molecule has 2 rings (SSSR count). The fourth-order valence-corrected chi connectivity index (χ4v) is 1.64. The summed E-state index contributed by atoms with van der Waals surface area (Å²) in [4.78, 5) is 14.8. The molecule has 1 aromatic carbocycles. The number of aliphatic carboxylic acids is 1. The van der Waals surface area contributed by atoms with E-state index in [1.807, 2.05) is 12.2 Å². The van der Waals surface area contributed by atoms with E-state index in [9.17, 15) is 9.90 Å². The number of carbonyl (C=O) groups is 1. The summed E-state index contributed by atoms with van der Waals surface area (Å²) in [7, 11) is 0. The Morgan fingerprint density at radius 2 is 2.00 bits per heavy atom. The molecule has 0 saturated heterocycles. The first-order chi connectivity index (χ1) is 9.16. The van der Waals surface area contributed by atoms with Gasteiger partial charge in [-0.2, -0.15) is 0 Å². The summed E-state index contributed by atoms with van der Waals surface area (Å²) in [5, 5.41) is 20.9. The summed E-state index contributed by atoms with van der Waals surface area (Å²) < 4.78 is 0. The number of hydrogen-bond donors (Lipinski definition) is 1. The Labute approximate surface area is 139 Å². The third kappa shape index (κ3) is 4.49. The van der Waals surface area contributed by atoms with Gasteiger partial charge < -0.3 is 10.2 Å². The number of allylic oxidation sites excluding steroid dienone is 5. The number of carboxylic acids is 1. The van der Waals surface area contributed by atoms with Gasteiger partial charge in [0.25, 0.3) is 0 Å². The molecule has 0 heterocycles. The summed E-state index contributed by atoms with van der Waals surface area (Å²) in [6.45, 7) is 0. The van der Waals surface area contributed by atoms with Crippen LogP contribution in [0.1, 0.15) is 12.0 Å². The first kappa shape index (κ1) is 16.4. The average Bonchev–Trinajstić information content (AvgIpc) is 2.91. The smallest absolute Gasteiger partial charge is 0.858 e. The fraction of sp³-hybridized carbons (Fsp3) is 0.0667. The largest absolute Gasteiger partial charge is 1.00 e. The van der Waals surface area contributed by atoms with Gasteiger partial charge in [0.05, 0.1) is 0 Å². The van der Waals surface area contributed by atoms with E-state index in [2.05, 4.69) is 4.99 Å². The zero-order valence-electron chi connectivity index (χ0n) is 11.1. The van der Waals surface area contributed by atoms with Crippen LogP contribution < -0.4 is 34.7 Å². The minimum atomic E-state index is -1.21. The zero-order valence-corrected chi connectivity index (χ0v) is 13.1. The number of hydrogen-bond acceptors (Lipinski definition) is 3. The van der Waals surface area contributed by atoms with E-state index in [1.165, 1.54) is 6.08 Å². The van der Waals surface area contributed by atoms with Crippen molar-refractivity contribution in [3.05, 3.63) is 71.5 Å². The van der Waals surface area contributed by atoms with Gasteiger partial charge in [-0.3, -0.25) is 4.99 Å². The number of aliphatic imine (C=N–C) groups is 1. The Morgan fingerprint density at radius 3 is 2.55 bits per heavy atom. The summed E-state index contributed by atoms with van der Waals surface area (Å²) in [6.07, 6.45) is 7.62. The molecule has 4 nitrogen and oxygen atoms in total. The SMILES string of the molecule is O=C(O)/C(=C\C1=CC=CC1)N=C([O-])c1ccccc1.[Na+]. The minimum Gasteiger partial charge on any atom is -0.858 e. The van der Waals surface area contributed by atoms with Gasteiger partial charge in [0.1, 0.15) is 5.70 Å². The number of nitrogens with zero attached hydrogens (tertiary/aromatic N) is 1.